The Bertz CT molecular complexity index is 524. The van der Waals surface area contributed by atoms with Gasteiger partial charge in [0.25, 0.3) is 0 Å². The minimum Gasteiger partial charge on any atom is -0.467 e. The van der Waals surface area contributed by atoms with Crippen LogP contribution in [-0.4, -0.2) is 19.1 Å². The molecule has 0 aliphatic heterocycles. The van der Waals surface area contributed by atoms with E-state index in [9.17, 15) is 9.18 Å². The van der Waals surface area contributed by atoms with Crippen LogP contribution in [0.4, 0.5) is 10.1 Å². The van der Waals surface area contributed by atoms with Crippen molar-refractivity contribution in [2.75, 3.05) is 12.4 Å². The number of nitrogens with one attached hydrogen (secondary N) is 1. The van der Waals surface area contributed by atoms with Gasteiger partial charge in [-0.3, -0.25) is 0 Å². The van der Waals surface area contributed by atoms with Crippen LogP contribution in [-0.2, 0) is 9.53 Å². The fourth-order valence-electron chi connectivity index (χ4n) is 3.07. The quantitative estimate of drug-likeness (QED) is 0.678. The number of methoxy groups -OCH3 is 1. The van der Waals surface area contributed by atoms with Gasteiger partial charge in [0.05, 0.1) is 7.11 Å². The largest absolute Gasteiger partial charge is 0.467 e. The van der Waals surface area contributed by atoms with E-state index in [0.717, 1.165) is 18.5 Å². The van der Waals surface area contributed by atoms with Gasteiger partial charge >= 0.3 is 5.97 Å². The first-order chi connectivity index (χ1) is 9.99. The van der Waals surface area contributed by atoms with Crippen molar-refractivity contribution in [2.45, 2.75) is 32.7 Å². The Morgan fingerprint density at radius 1 is 1.38 bits per heavy atom. The summed E-state index contributed by atoms with van der Waals surface area (Å²) in [5.41, 5.74) is 2.03. The van der Waals surface area contributed by atoms with Crippen molar-refractivity contribution in [1.82, 2.24) is 0 Å². The van der Waals surface area contributed by atoms with E-state index in [-0.39, 0.29) is 17.7 Å². The SMILES string of the molecule is COC(=O)C(Nc1ccc(F)cc1)C1CC(C)=CC(C)C1. The summed E-state index contributed by atoms with van der Waals surface area (Å²) >= 11 is 0. The normalized spacial score (nSPS) is 23.1. The molecule has 0 bridgehead atoms. The van der Waals surface area contributed by atoms with Gasteiger partial charge in [0.1, 0.15) is 11.9 Å². The summed E-state index contributed by atoms with van der Waals surface area (Å²) in [4.78, 5) is 12.1. The van der Waals surface area contributed by atoms with Gasteiger partial charge in [-0.2, -0.15) is 0 Å². The highest BCUT2D eigenvalue weighted by Gasteiger charge is 2.32. The Balaban J connectivity index is 2.17. The average molecular weight is 291 g/mol. The lowest BCUT2D eigenvalue weighted by Gasteiger charge is -2.31. The number of anilines is 1. The van der Waals surface area contributed by atoms with Crippen molar-refractivity contribution in [1.29, 1.82) is 0 Å². The van der Waals surface area contributed by atoms with E-state index in [0.29, 0.717) is 5.92 Å². The molecule has 0 aromatic heterocycles. The van der Waals surface area contributed by atoms with Gasteiger partial charge in [-0.05, 0) is 55.9 Å². The maximum absolute atomic E-state index is 13.0. The number of hydrogen-bond donors (Lipinski definition) is 1. The second kappa shape index (κ2) is 6.74. The number of halogens is 1. The average Bonchev–Trinajstić information content (AvgIpc) is 2.44. The zero-order valence-electron chi connectivity index (χ0n) is 12.7. The lowest BCUT2D eigenvalue weighted by molar-refractivity contribution is -0.143. The minimum absolute atomic E-state index is 0.183. The van der Waals surface area contributed by atoms with Crippen LogP contribution in [0, 0.1) is 17.7 Å². The molecule has 3 atom stereocenters. The third-order valence-corrected chi connectivity index (χ3v) is 3.92. The Labute approximate surface area is 125 Å². The summed E-state index contributed by atoms with van der Waals surface area (Å²) in [6.45, 7) is 4.25. The molecule has 3 unspecified atom stereocenters. The van der Waals surface area contributed by atoms with Crippen LogP contribution >= 0.6 is 0 Å². The van der Waals surface area contributed by atoms with Gasteiger partial charge < -0.3 is 10.1 Å². The van der Waals surface area contributed by atoms with Crippen molar-refractivity contribution in [2.24, 2.45) is 11.8 Å². The maximum Gasteiger partial charge on any atom is 0.328 e. The molecule has 1 aliphatic carbocycles. The Kier molecular flexibility index (Phi) is 4.99. The van der Waals surface area contributed by atoms with Gasteiger partial charge in [-0.15, -0.1) is 0 Å². The number of carbonyl (C=O) groups is 1. The Hall–Kier alpha value is -1.84. The summed E-state index contributed by atoms with van der Waals surface area (Å²) in [6.07, 6.45) is 4.06. The molecule has 0 radical (unpaired) electrons. The van der Waals surface area contributed by atoms with Crippen molar-refractivity contribution < 1.29 is 13.9 Å². The van der Waals surface area contributed by atoms with E-state index in [1.807, 2.05) is 0 Å². The highest BCUT2D eigenvalue weighted by Crippen LogP contribution is 2.32. The molecule has 21 heavy (non-hydrogen) atoms. The third kappa shape index (κ3) is 4.06. The van der Waals surface area contributed by atoms with Crippen LogP contribution in [0.1, 0.15) is 26.7 Å². The van der Waals surface area contributed by atoms with Crippen LogP contribution < -0.4 is 5.32 Å². The summed E-state index contributed by atoms with van der Waals surface area (Å²) in [7, 11) is 1.40. The molecular formula is C17H22FNO2. The fraction of sp³-hybridized carbons (Fsp3) is 0.471. The summed E-state index contributed by atoms with van der Waals surface area (Å²) < 4.78 is 17.9. The van der Waals surface area contributed by atoms with E-state index < -0.39 is 6.04 Å². The zero-order chi connectivity index (χ0) is 15.4. The molecule has 1 N–H and O–H groups in total. The molecule has 4 heteroatoms. The third-order valence-electron chi connectivity index (χ3n) is 3.92. The van der Waals surface area contributed by atoms with Gasteiger partial charge in [-0.25, -0.2) is 9.18 Å². The Morgan fingerprint density at radius 2 is 2.05 bits per heavy atom. The molecule has 1 aromatic carbocycles. The molecule has 0 saturated carbocycles. The fourth-order valence-corrected chi connectivity index (χ4v) is 3.07. The molecule has 0 saturated heterocycles. The number of ether oxygens (including phenoxy) is 1. The minimum atomic E-state index is -0.411. The topological polar surface area (TPSA) is 38.3 Å². The number of esters is 1. The zero-order valence-corrected chi connectivity index (χ0v) is 12.7. The molecule has 0 heterocycles. The van der Waals surface area contributed by atoms with Crippen LogP contribution in [0.15, 0.2) is 35.9 Å². The number of rotatable bonds is 4. The highest BCUT2D eigenvalue weighted by atomic mass is 19.1. The van der Waals surface area contributed by atoms with E-state index >= 15 is 0 Å². The second-order valence-corrected chi connectivity index (χ2v) is 5.84. The number of allylic oxidation sites excluding steroid dienone is 2. The van der Waals surface area contributed by atoms with Crippen molar-refractivity contribution in [3.63, 3.8) is 0 Å². The molecular weight excluding hydrogens is 269 g/mol. The highest BCUT2D eigenvalue weighted by molar-refractivity contribution is 5.79. The maximum atomic E-state index is 13.0. The first kappa shape index (κ1) is 15.5. The van der Waals surface area contributed by atoms with Crippen LogP contribution in [0.2, 0.25) is 0 Å². The van der Waals surface area contributed by atoms with Gasteiger partial charge in [0.15, 0.2) is 0 Å². The second-order valence-electron chi connectivity index (χ2n) is 5.84. The number of carbonyl (C=O) groups excluding carboxylic acids is 1. The van der Waals surface area contributed by atoms with Crippen molar-refractivity contribution in [3.05, 3.63) is 41.7 Å². The van der Waals surface area contributed by atoms with Crippen molar-refractivity contribution >= 4 is 11.7 Å². The molecule has 1 aromatic rings. The number of benzene rings is 1. The molecule has 1 aliphatic rings. The monoisotopic (exact) mass is 291 g/mol. The van der Waals surface area contributed by atoms with Gasteiger partial charge in [0.2, 0.25) is 0 Å². The number of hydrogen-bond acceptors (Lipinski definition) is 3. The summed E-state index contributed by atoms with van der Waals surface area (Å²) in [5.74, 6) is 0.0693. The molecule has 0 fully saturated rings. The van der Waals surface area contributed by atoms with E-state index in [1.54, 1.807) is 12.1 Å². The summed E-state index contributed by atoms with van der Waals surface area (Å²) in [5, 5.41) is 3.20. The molecule has 0 amide bonds. The van der Waals surface area contributed by atoms with Crippen LogP contribution in [0.3, 0.4) is 0 Å². The first-order valence-corrected chi connectivity index (χ1v) is 7.27. The standard InChI is InChI=1S/C17H22FNO2/c1-11-8-12(2)10-13(9-11)16(17(20)21-3)19-15-6-4-14(18)5-7-15/h4-8,11,13,16,19H,9-10H2,1-3H3. The van der Waals surface area contributed by atoms with Crippen molar-refractivity contribution in [3.8, 4) is 0 Å². The van der Waals surface area contributed by atoms with Gasteiger partial charge in [-0.1, -0.05) is 18.6 Å². The molecule has 0 spiro atoms. The molecule has 3 nitrogen and oxygen atoms in total. The lowest BCUT2D eigenvalue weighted by atomic mass is 9.79. The Morgan fingerprint density at radius 3 is 2.62 bits per heavy atom. The lowest BCUT2D eigenvalue weighted by Crippen LogP contribution is -2.39. The van der Waals surface area contributed by atoms with Crippen LogP contribution in [0.25, 0.3) is 0 Å². The van der Waals surface area contributed by atoms with E-state index in [4.69, 9.17) is 4.74 Å². The van der Waals surface area contributed by atoms with Crippen LogP contribution in [0.5, 0.6) is 0 Å². The predicted octanol–water partition coefficient (Wildman–Crippen LogP) is 3.77. The van der Waals surface area contributed by atoms with E-state index in [2.05, 4.69) is 25.2 Å². The predicted molar refractivity (Wildman–Crippen MR) is 81.5 cm³/mol. The molecule has 114 valence electrons. The molecule has 2 rings (SSSR count). The van der Waals surface area contributed by atoms with E-state index in [1.165, 1.54) is 24.8 Å². The van der Waals surface area contributed by atoms with Gasteiger partial charge in [0, 0.05) is 5.69 Å². The summed E-state index contributed by atoms with van der Waals surface area (Å²) in [6, 6.07) is 5.63. The smallest absolute Gasteiger partial charge is 0.328 e. The first-order valence-electron chi connectivity index (χ1n) is 7.27.